The summed E-state index contributed by atoms with van der Waals surface area (Å²) < 4.78 is 0. The van der Waals surface area contributed by atoms with Crippen LogP contribution in [0.5, 0.6) is 0 Å². The first-order valence-electron chi connectivity index (χ1n) is 8.80. The van der Waals surface area contributed by atoms with Gasteiger partial charge in [0.15, 0.2) is 0 Å². The van der Waals surface area contributed by atoms with Crippen LogP contribution in [0.3, 0.4) is 0 Å². The molecule has 0 amide bonds. The van der Waals surface area contributed by atoms with E-state index in [-0.39, 0.29) is 10.8 Å². The van der Waals surface area contributed by atoms with Gasteiger partial charge in [-0.2, -0.15) is 0 Å². The van der Waals surface area contributed by atoms with Gasteiger partial charge in [0.05, 0.1) is 0 Å². The molecular formula is C20H34O2S. The highest BCUT2D eigenvalue weighted by molar-refractivity contribution is 7.12. The van der Waals surface area contributed by atoms with Crippen LogP contribution < -0.4 is 0 Å². The van der Waals surface area contributed by atoms with E-state index in [0.29, 0.717) is 12.3 Å². The van der Waals surface area contributed by atoms with Crippen LogP contribution in [0.15, 0.2) is 6.07 Å². The lowest BCUT2D eigenvalue weighted by atomic mass is 9.87. The maximum Gasteiger partial charge on any atom is 0.303 e. The summed E-state index contributed by atoms with van der Waals surface area (Å²) in [6, 6.07) is 2.39. The molecule has 1 unspecified atom stereocenters. The molecule has 1 N–H and O–H groups in total. The first-order valence-corrected chi connectivity index (χ1v) is 9.62. The topological polar surface area (TPSA) is 37.3 Å². The fourth-order valence-electron chi connectivity index (χ4n) is 2.90. The molecule has 132 valence electrons. The Morgan fingerprint density at radius 3 is 2.22 bits per heavy atom. The van der Waals surface area contributed by atoms with E-state index in [1.807, 2.05) is 11.3 Å². The molecule has 0 aliphatic carbocycles. The van der Waals surface area contributed by atoms with Gasteiger partial charge in [-0.25, -0.2) is 0 Å². The zero-order valence-corrected chi connectivity index (χ0v) is 16.8. The average molecular weight is 339 g/mol. The summed E-state index contributed by atoms with van der Waals surface area (Å²) in [4.78, 5) is 13.9. The Labute approximate surface area is 146 Å². The van der Waals surface area contributed by atoms with Gasteiger partial charge in [0.25, 0.3) is 0 Å². The Bertz CT molecular complexity index is 515. The van der Waals surface area contributed by atoms with E-state index >= 15 is 0 Å². The fraction of sp³-hybridized carbons (Fsp3) is 0.750. The van der Waals surface area contributed by atoms with Crippen LogP contribution in [-0.4, -0.2) is 11.1 Å². The van der Waals surface area contributed by atoms with E-state index in [4.69, 9.17) is 5.11 Å². The number of aliphatic carboxylic acids is 1. The SMILES string of the molecule is CCC(CCCc1cc(C(C)(C)C)sc1C(C)(C)C)CC(=O)O. The number of hydrogen-bond acceptors (Lipinski definition) is 2. The van der Waals surface area contributed by atoms with Crippen molar-refractivity contribution in [3.05, 3.63) is 21.4 Å². The van der Waals surface area contributed by atoms with E-state index in [1.54, 1.807) is 0 Å². The third kappa shape index (κ3) is 6.29. The Hall–Kier alpha value is -0.830. The first kappa shape index (κ1) is 20.2. The highest BCUT2D eigenvalue weighted by Gasteiger charge is 2.25. The molecule has 1 aromatic rings. The van der Waals surface area contributed by atoms with E-state index < -0.39 is 5.97 Å². The van der Waals surface area contributed by atoms with Gasteiger partial charge in [0.1, 0.15) is 0 Å². The molecule has 23 heavy (non-hydrogen) atoms. The maximum atomic E-state index is 10.9. The standard InChI is InChI=1S/C20H34O2S/c1-8-14(12-17(21)22)10-9-11-15-13-16(19(2,3)4)23-18(15)20(5,6)7/h13-14H,8-12H2,1-7H3,(H,21,22). The van der Waals surface area contributed by atoms with Gasteiger partial charge in [0, 0.05) is 16.2 Å². The predicted octanol–water partition coefficient (Wildman–Crippen LogP) is 6.17. The molecule has 2 nitrogen and oxygen atoms in total. The summed E-state index contributed by atoms with van der Waals surface area (Å²) in [5.41, 5.74) is 1.84. The van der Waals surface area contributed by atoms with Crippen molar-refractivity contribution < 1.29 is 9.90 Å². The number of hydrogen-bond donors (Lipinski definition) is 1. The summed E-state index contributed by atoms with van der Waals surface area (Å²) in [5.74, 6) is -0.357. The van der Waals surface area contributed by atoms with Crippen LogP contribution in [0.25, 0.3) is 0 Å². The molecule has 0 radical (unpaired) electrons. The molecule has 1 atom stereocenters. The van der Waals surface area contributed by atoms with Crippen LogP contribution in [0.2, 0.25) is 0 Å². The molecule has 0 aliphatic heterocycles. The van der Waals surface area contributed by atoms with E-state index in [0.717, 1.165) is 25.7 Å². The minimum atomic E-state index is -0.669. The summed E-state index contributed by atoms with van der Waals surface area (Å²) in [6.07, 6.45) is 4.41. The van der Waals surface area contributed by atoms with Crippen molar-refractivity contribution in [1.29, 1.82) is 0 Å². The van der Waals surface area contributed by atoms with Crippen molar-refractivity contribution >= 4 is 17.3 Å². The molecule has 1 rings (SSSR count). The lowest BCUT2D eigenvalue weighted by Crippen LogP contribution is -2.12. The van der Waals surface area contributed by atoms with Crippen LogP contribution in [-0.2, 0) is 22.0 Å². The number of carboxylic acids is 1. The van der Waals surface area contributed by atoms with Gasteiger partial charge in [-0.15, -0.1) is 11.3 Å². The normalized spacial score (nSPS) is 14.0. The number of thiophene rings is 1. The van der Waals surface area contributed by atoms with Crippen molar-refractivity contribution in [2.24, 2.45) is 5.92 Å². The first-order chi connectivity index (χ1) is 10.4. The molecule has 1 aromatic heterocycles. The number of carboxylic acid groups (broad SMARTS) is 1. The molecule has 0 bridgehead atoms. The van der Waals surface area contributed by atoms with Gasteiger partial charge in [-0.3, -0.25) is 4.79 Å². The number of carbonyl (C=O) groups is 1. The van der Waals surface area contributed by atoms with Gasteiger partial charge in [-0.1, -0.05) is 54.9 Å². The average Bonchev–Trinajstić information content (AvgIpc) is 2.81. The third-order valence-corrected chi connectivity index (χ3v) is 6.36. The lowest BCUT2D eigenvalue weighted by molar-refractivity contribution is -0.138. The summed E-state index contributed by atoms with van der Waals surface area (Å²) in [6.45, 7) is 15.8. The highest BCUT2D eigenvalue weighted by atomic mass is 32.1. The monoisotopic (exact) mass is 338 g/mol. The second kappa shape index (κ2) is 7.83. The molecule has 3 heteroatoms. The zero-order chi connectivity index (χ0) is 17.8. The van der Waals surface area contributed by atoms with Gasteiger partial charge in [0.2, 0.25) is 0 Å². The smallest absolute Gasteiger partial charge is 0.303 e. The van der Waals surface area contributed by atoms with Crippen molar-refractivity contribution in [2.75, 3.05) is 0 Å². The minimum absolute atomic E-state index is 0.175. The maximum absolute atomic E-state index is 10.9. The van der Waals surface area contributed by atoms with E-state index in [1.165, 1.54) is 15.3 Å². The zero-order valence-electron chi connectivity index (χ0n) is 16.0. The second-order valence-corrected chi connectivity index (χ2v) is 9.78. The molecular weight excluding hydrogens is 304 g/mol. The number of rotatable bonds is 7. The molecule has 0 saturated heterocycles. The van der Waals surface area contributed by atoms with Crippen LogP contribution in [0.1, 0.15) is 89.5 Å². The highest BCUT2D eigenvalue weighted by Crippen LogP contribution is 2.39. The van der Waals surface area contributed by atoms with Gasteiger partial charge >= 0.3 is 5.97 Å². The molecule has 0 aliphatic rings. The number of aryl methyl sites for hydroxylation is 1. The second-order valence-electron chi connectivity index (χ2n) is 8.73. The molecule has 0 spiro atoms. The minimum Gasteiger partial charge on any atom is -0.481 e. The van der Waals surface area contributed by atoms with Gasteiger partial charge in [-0.05, 0) is 47.6 Å². The van der Waals surface area contributed by atoms with E-state index in [9.17, 15) is 4.79 Å². The molecule has 0 saturated carbocycles. The summed E-state index contributed by atoms with van der Waals surface area (Å²) in [5, 5.41) is 8.98. The molecule has 0 aromatic carbocycles. The predicted molar refractivity (Wildman–Crippen MR) is 101 cm³/mol. The van der Waals surface area contributed by atoms with Crippen molar-refractivity contribution in [2.45, 2.75) is 91.4 Å². The lowest BCUT2D eigenvalue weighted by Gasteiger charge is -2.20. The Morgan fingerprint density at radius 1 is 1.17 bits per heavy atom. The fourth-order valence-corrected chi connectivity index (χ4v) is 4.22. The van der Waals surface area contributed by atoms with Crippen LogP contribution >= 0.6 is 11.3 Å². The van der Waals surface area contributed by atoms with Crippen LogP contribution in [0.4, 0.5) is 0 Å². The Balaban J connectivity index is 2.83. The van der Waals surface area contributed by atoms with Crippen molar-refractivity contribution in [3.8, 4) is 0 Å². The van der Waals surface area contributed by atoms with Gasteiger partial charge < -0.3 is 5.11 Å². The summed E-state index contributed by atoms with van der Waals surface area (Å²) >= 11 is 1.95. The Kier molecular flexibility index (Phi) is 6.88. The largest absolute Gasteiger partial charge is 0.481 e. The van der Waals surface area contributed by atoms with E-state index in [2.05, 4.69) is 54.5 Å². The van der Waals surface area contributed by atoms with Crippen LogP contribution in [0, 0.1) is 5.92 Å². The molecule has 1 heterocycles. The van der Waals surface area contributed by atoms with Crippen molar-refractivity contribution in [3.63, 3.8) is 0 Å². The van der Waals surface area contributed by atoms with Crippen molar-refractivity contribution in [1.82, 2.24) is 0 Å². The Morgan fingerprint density at radius 2 is 1.78 bits per heavy atom. The molecule has 0 fully saturated rings. The quantitative estimate of drug-likeness (QED) is 0.645. The summed E-state index contributed by atoms with van der Waals surface area (Å²) in [7, 11) is 0. The third-order valence-electron chi connectivity index (χ3n) is 4.33.